The smallest absolute Gasteiger partial charge is 0.338 e. The number of nitrogens with zero attached hydrogens (tertiary/aromatic N) is 1. The number of esters is 1. The lowest BCUT2D eigenvalue weighted by Crippen LogP contribution is -2.27. The Kier molecular flexibility index (Phi) is 6.22. The summed E-state index contributed by atoms with van der Waals surface area (Å²) in [5.74, 6) is -0.731. The monoisotopic (exact) mass is 437 g/mol. The highest BCUT2D eigenvalue weighted by atomic mass is 35.5. The van der Waals surface area contributed by atoms with Gasteiger partial charge in [-0.1, -0.05) is 59.3 Å². The fourth-order valence-corrected chi connectivity index (χ4v) is 4.19. The van der Waals surface area contributed by atoms with Gasteiger partial charge in [-0.25, -0.2) is 4.79 Å². The molecule has 1 aliphatic rings. The normalized spacial score (nSPS) is 15.5. The van der Waals surface area contributed by atoms with Gasteiger partial charge in [0.2, 0.25) is 0 Å². The van der Waals surface area contributed by atoms with Gasteiger partial charge in [0.1, 0.15) is 0 Å². The zero-order valence-corrected chi connectivity index (χ0v) is 17.2. The van der Waals surface area contributed by atoms with Gasteiger partial charge < -0.3 is 4.74 Å². The maximum Gasteiger partial charge on any atom is 0.338 e. The Bertz CT molecular complexity index is 975. The Morgan fingerprint density at radius 3 is 2.74 bits per heavy atom. The molecular weight excluding hydrogens is 425 g/mol. The van der Waals surface area contributed by atoms with Crippen molar-refractivity contribution in [1.29, 1.82) is 0 Å². The minimum absolute atomic E-state index is 0.273. The first-order chi connectivity index (χ1) is 12.9. The summed E-state index contributed by atoms with van der Waals surface area (Å²) in [6, 6.07) is 11.6. The first kappa shape index (κ1) is 19.9. The van der Waals surface area contributed by atoms with E-state index in [1.54, 1.807) is 55.5 Å². The fraction of sp³-hybridized carbons (Fsp3) is 0.105. The van der Waals surface area contributed by atoms with Crippen molar-refractivity contribution in [2.24, 2.45) is 0 Å². The first-order valence-electron chi connectivity index (χ1n) is 7.91. The molecule has 3 rings (SSSR count). The van der Waals surface area contributed by atoms with Gasteiger partial charge in [0, 0.05) is 10.0 Å². The highest BCUT2D eigenvalue weighted by molar-refractivity contribution is 8.27. The standard InChI is InChI=1S/C19H13Cl2NO3S2/c1-2-25-18(24)12-4-3-5-14(8-12)22-17(23)16(27-19(22)26)9-11-6-7-13(20)10-15(11)21/h3-10H,2H2,1H3/b16-9-. The van der Waals surface area contributed by atoms with Crippen LogP contribution in [-0.4, -0.2) is 22.8 Å². The number of thioether (sulfide) groups is 1. The van der Waals surface area contributed by atoms with Crippen molar-refractivity contribution in [3.63, 3.8) is 0 Å². The molecule has 0 aromatic heterocycles. The van der Waals surface area contributed by atoms with E-state index in [-0.39, 0.29) is 12.5 Å². The lowest BCUT2D eigenvalue weighted by Gasteiger charge is -2.15. The molecule has 2 aromatic rings. The van der Waals surface area contributed by atoms with Gasteiger partial charge in [0.25, 0.3) is 5.91 Å². The van der Waals surface area contributed by atoms with Gasteiger partial charge in [-0.15, -0.1) is 0 Å². The highest BCUT2D eigenvalue weighted by Crippen LogP contribution is 2.37. The van der Waals surface area contributed by atoms with Crippen molar-refractivity contribution in [3.05, 3.63) is 68.5 Å². The van der Waals surface area contributed by atoms with E-state index in [0.717, 1.165) is 0 Å². The molecule has 0 spiro atoms. The van der Waals surface area contributed by atoms with Crippen LogP contribution in [0.5, 0.6) is 0 Å². The molecular formula is C19H13Cl2NO3S2. The SMILES string of the molecule is CCOC(=O)c1cccc(N2C(=O)/C(=C/c3ccc(Cl)cc3Cl)SC2=S)c1. The van der Waals surface area contributed by atoms with Crippen LogP contribution in [0, 0.1) is 0 Å². The molecule has 2 aromatic carbocycles. The molecule has 0 atom stereocenters. The molecule has 0 saturated carbocycles. The minimum atomic E-state index is -0.451. The summed E-state index contributed by atoms with van der Waals surface area (Å²) < 4.78 is 5.38. The van der Waals surface area contributed by atoms with Crippen molar-refractivity contribution in [1.82, 2.24) is 0 Å². The average molecular weight is 438 g/mol. The Morgan fingerprint density at radius 1 is 1.26 bits per heavy atom. The highest BCUT2D eigenvalue weighted by Gasteiger charge is 2.33. The van der Waals surface area contributed by atoms with Crippen LogP contribution < -0.4 is 4.90 Å². The van der Waals surface area contributed by atoms with Gasteiger partial charge in [-0.3, -0.25) is 9.69 Å². The number of carbonyl (C=O) groups excluding carboxylic acids is 2. The summed E-state index contributed by atoms with van der Waals surface area (Å²) in [5.41, 5.74) is 1.53. The van der Waals surface area contributed by atoms with E-state index in [9.17, 15) is 9.59 Å². The summed E-state index contributed by atoms with van der Waals surface area (Å²) in [6.45, 7) is 2.01. The Balaban J connectivity index is 1.92. The minimum Gasteiger partial charge on any atom is -0.462 e. The number of rotatable bonds is 4. The summed E-state index contributed by atoms with van der Waals surface area (Å²) in [4.78, 5) is 26.6. The summed E-state index contributed by atoms with van der Waals surface area (Å²) in [6.07, 6.45) is 1.67. The molecule has 0 unspecified atom stereocenters. The molecule has 0 bridgehead atoms. The van der Waals surface area contributed by atoms with Crippen LogP contribution in [0.2, 0.25) is 10.0 Å². The van der Waals surface area contributed by atoms with Crippen LogP contribution in [0.1, 0.15) is 22.8 Å². The van der Waals surface area contributed by atoms with Crippen LogP contribution >= 0.6 is 47.2 Å². The van der Waals surface area contributed by atoms with E-state index >= 15 is 0 Å². The largest absolute Gasteiger partial charge is 0.462 e. The fourth-order valence-electron chi connectivity index (χ4n) is 2.44. The molecule has 8 heteroatoms. The second-order valence-corrected chi connectivity index (χ2v) is 7.97. The zero-order chi connectivity index (χ0) is 19.6. The topological polar surface area (TPSA) is 46.6 Å². The lowest BCUT2D eigenvalue weighted by atomic mass is 10.2. The second-order valence-electron chi connectivity index (χ2n) is 5.45. The van der Waals surface area contributed by atoms with E-state index in [1.165, 1.54) is 16.7 Å². The number of hydrogen-bond donors (Lipinski definition) is 0. The van der Waals surface area contributed by atoms with Crippen LogP contribution in [0.3, 0.4) is 0 Å². The number of halogens is 2. The number of amides is 1. The Morgan fingerprint density at radius 2 is 2.04 bits per heavy atom. The number of benzene rings is 2. The number of thiocarbonyl (C=S) groups is 1. The lowest BCUT2D eigenvalue weighted by molar-refractivity contribution is -0.113. The molecule has 0 radical (unpaired) electrons. The first-order valence-corrected chi connectivity index (χ1v) is 9.89. The average Bonchev–Trinajstić information content (AvgIpc) is 2.91. The van der Waals surface area contributed by atoms with Crippen LogP contribution in [-0.2, 0) is 9.53 Å². The number of hydrogen-bond acceptors (Lipinski definition) is 5. The van der Waals surface area contributed by atoms with Gasteiger partial charge in [0.05, 0.1) is 22.8 Å². The molecule has 27 heavy (non-hydrogen) atoms. The van der Waals surface area contributed by atoms with Crippen molar-refractivity contribution < 1.29 is 14.3 Å². The third-order valence-corrected chi connectivity index (χ3v) is 5.52. The van der Waals surface area contributed by atoms with Crippen molar-refractivity contribution >= 4 is 75.1 Å². The van der Waals surface area contributed by atoms with E-state index in [0.29, 0.717) is 36.1 Å². The molecule has 138 valence electrons. The van der Waals surface area contributed by atoms with Crippen LogP contribution in [0.15, 0.2) is 47.4 Å². The van der Waals surface area contributed by atoms with Gasteiger partial charge in [-0.2, -0.15) is 0 Å². The molecule has 4 nitrogen and oxygen atoms in total. The maximum atomic E-state index is 12.9. The Labute approximate surface area is 176 Å². The molecule has 0 N–H and O–H groups in total. The number of anilines is 1. The molecule has 1 fully saturated rings. The summed E-state index contributed by atoms with van der Waals surface area (Å²) in [7, 11) is 0. The third-order valence-electron chi connectivity index (χ3n) is 3.66. The predicted octanol–water partition coefficient (Wildman–Crippen LogP) is 5.58. The third kappa shape index (κ3) is 4.35. The maximum absolute atomic E-state index is 12.9. The zero-order valence-electron chi connectivity index (χ0n) is 14.1. The molecule has 1 saturated heterocycles. The van der Waals surface area contributed by atoms with Gasteiger partial charge in [0.15, 0.2) is 4.32 Å². The number of carbonyl (C=O) groups is 2. The van der Waals surface area contributed by atoms with E-state index in [4.69, 9.17) is 40.2 Å². The molecule has 1 amide bonds. The van der Waals surface area contributed by atoms with E-state index < -0.39 is 5.97 Å². The van der Waals surface area contributed by atoms with Crippen LogP contribution in [0.25, 0.3) is 6.08 Å². The Hall–Kier alpha value is -1.86. The van der Waals surface area contributed by atoms with Gasteiger partial charge in [-0.05, 0) is 48.9 Å². The second kappa shape index (κ2) is 8.44. The van der Waals surface area contributed by atoms with Gasteiger partial charge >= 0.3 is 5.97 Å². The molecule has 0 aliphatic carbocycles. The summed E-state index contributed by atoms with van der Waals surface area (Å²) in [5, 5.41) is 0.956. The van der Waals surface area contributed by atoms with E-state index in [2.05, 4.69) is 0 Å². The van der Waals surface area contributed by atoms with Crippen molar-refractivity contribution in [2.45, 2.75) is 6.92 Å². The van der Waals surface area contributed by atoms with E-state index in [1.807, 2.05) is 0 Å². The van der Waals surface area contributed by atoms with Crippen molar-refractivity contribution in [3.8, 4) is 0 Å². The van der Waals surface area contributed by atoms with Crippen molar-refractivity contribution in [2.75, 3.05) is 11.5 Å². The quantitative estimate of drug-likeness (QED) is 0.355. The molecule has 1 heterocycles. The molecule has 1 aliphatic heterocycles. The number of ether oxygens (including phenoxy) is 1. The predicted molar refractivity (Wildman–Crippen MR) is 115 cm³/mol. The van der Waals surface area contributed by atoms with Crippen LogP contribution in [0.4, 0.5) is 5.69 Å². The summed E-state index contributed by atoms with van der Waals surface area (Å²) >= 11 is 18.6.